The van der Waals surface area contributed by atoms with E-state index in [9.17, 15) is 19.5 Å². The van der Waals surface area contributed by atoms with Gasteiger partial charge in [-0.2, -0.15) is 0 Å². The molecule has 1 heterocycles. The first-order chi connectivity index (χ1) is 9.58. The van der Waals surface area contributed by atoms with E-state index < -0.39 is 12.0 Å². The van der Waals surface area contributed by atoms with Crippen molar-refractivity contribution in [1.29, 1.82) is 0 Å². The van der Waals surface area contributed by atoms with Crippen LogP contribution in [0.15, 0.2) is 30.3 Å². The molecule has 2 rings (SSSR count). The van der Waals surface area contributed by atoms with E-state index in [1.54, 1.807) is 30.3 Å². The average molecular weight is 276 g/mol. The van der Waals surface area contributed by atoms with Gasteiger partial charge in [-0.1, -0.05) is 30.3 Å². The second kappa shape index (κ2) is 6.18. The van der Waals surface area contributed by atoms with Crippen molar-refractivity contribution in [1.82, 2.24) is 10.6 Å². The minimum atomic E-state index is -1.11. The zero-order valence-electron chi connectivity index (χ0n) is 10.8. The number of hydrogen-bond acceptors (Lipinski definition) is 3. The van der Waals surface area contributed by atoms with Crippen LogP contribution in [0.3, 0.4) is 0 Å². The summed E-state index contributed by atoms with van der Waals surface area (Å²) in [5, 5.41) is 14.4. The minimum Gasteiger partial charge on any atom is -0.479 e. The van der Waals surface area contributed by atoms with Crippen LogP contribution in [0.5, 0.6) is 0 Å². The number of amides is 2. The second-order valence-electron chi connectivity index (χ2n) is 4.73. The number of nitrogens with one attached hydrogen (secondary N) is 2. The van der Waals surface area contributed by atoms with Gasteiger partial charge in [0.2, 0.25) is 11.8 Å². The predicted octanol–water partition coefficient (Wildman–Crippen LogP) is 0.455. The molecule has 0 saturated carbocycles. The van der Waals surface area contributed by atoms with E-state index >= 15 is 0 Å². The fourth-order valence-electron chi connectivity index (χ4n) is 2.15. The molecule has 2 atom stereocenters. The van der Waals surface area contributed by atoms with Gasteiger partial charge in [-0.15, -0.1) is 0 Å². The van der Waals surface area contributed by atoms with E-state index in [1.165, 1.54) is 0 Å². The molecule has 0 bridgehead atoms. The highest BCUT2D eigenvalue weighted by Crippen LogP contribution is 2.16. The third-order valence-corrected chi connectivity index (χ3v) is 3.30. The SMILES string of the molecule is O=C1CCC(C(=O)N[C@H](C(=O)O)c2ccccc2)CN1. The summed E-state index contributed by atoms with van der Waals surface area (Å²) in [5.74, 6) is -1.91. The largest absolute Gasteiger partial charge is 0.479 e. The zero-order chi connectivity index (χ0) is 14.5. The van der Waals surface area contributed by atoms with Crippen molar-refractivity contribution in [3.8, 4) is 0 Å². The quantitative estimate of drug-likeness (QED) is 0.744. The van der Waals surface area contributed by atoms with Crippen LogP contribution in [0.1, 0.15) is 24.4 Å². The van der Waals surface area contributed by atoms with Gasteiger partial charge in [0.1, 0.15) is 0 Å². The van der Waals surface area contributed by atoms with Crippen molar-refractivity contribution >= 4 is 17.8 Å². The van der Waals surface area contributed by atoms with Crippen molar-refractivity contribution in [2.45, 2.75) is 18.9 Å². The average Bonchev–Trinajstić information content (AvgIpc) is 2.46. The van der Waals surface area contributed by atoms with E-state index in [4.69, 9.17) is 0 Å². The van der Waals surface area contributed by atoms with Crippen molar-refractivity contribution in [3.63, 3.8) is 0 Å². The van der Waals surface area contributed by atoms with Crippen LogP contribution in [-0.4, -0.2) is 29.4 Å². The molecule has 1 aromatic carbocycles. The zero-order valence-corrected chi connectivity index (χ0v) is 10.8. The smallest absolute Gasteiger partial charge is 0.330 e. The summed E-state index contributed by atoms with van der Waals surface area (Å²) in [5.41, 5.74) is 0.521. The van der Waals surface area contributed by atoms with Gasteiger partial charge in [0, 0.05) is 13.0 Å². The van der Waals surface area contributed by atoms with Crippen molar-refractivity contribution in [2.24, 2.45) is 5.92 Å². The summed E-state index contributed by atoms with van der Waals surface area (Å²) in [4.78, 5) is 34.4. The molecule has 6 heteroatoms. The first-order valence-corrected chi connectivity index (χ1v) is 6.42. The maximum atomic E-state index is 12.1. The molecule has 106 valence electrons. The molecule has 6 nitrogen and oxygen atoms in total. The first-order valence-electron chi connectivity index (χ1n) is 6.42. The monoisotopic (exact) mass is 276 g/mol. The van der Waals surface area contributed by atoms with Gasteiger partial charge in [0.15, 0.2) is 6.04 Å². The molecular formula is C14H16N2O4. The fraction of sp³-hybridized carbons (Fsp3) is 0.357. The standard InChI is InChI=1S/C14H16N2O4/c17-11-7-6-10(8-15-11)13(18)16-12(14(19)20)9-4-2-1-3-5-9/h1-5,10,12H,6-8H2,(H,15,17)(H,16,18)(H,19,20)/t10?,12-/m0/s1. The molecule has 1 fully saturated rings. The fourth-order valence-corrected chi connectivity index (χ4v) is 2.15. The Kier molecular flexibility index (Phi) is 4.34. The third kappa shape index (κ3) is 3.34. The van der Waals surface area contributed by atoms with Crippen LogP contribution >= 0.6 is 0 Å². The molecule has 1 aliphatic rings. The van der Waals surface area contributed by atoms with Crippen LogP contribution in [0.25, 0.3) is 0 Å². The lowest BCUT2D eigenvalue weighted by molar-refractivity contribution is -0.143. The molecule has 3 N–H and O–H groups in total. The number of carboxylic acid groups (broad SMARTS) is 1. The number of carbonyl (C=O) groups excluding carboxylic acids is 2. The summed E-state index contributed by atoms with van der Waals surface area (Å²) in [7, 11) is 0. The van der Waals surface area contributed by atoms with Gasteiger partial charge in [-0.3, -0.25) is 9.59 Å². The van der Waals surface area contributed by atoms with E-state index in [2.05, 4.69) is 10.6 Å². The molecule has 0 spiro atoms. The molecule has 20 heavy (non-hydrogen) atoms. The molecular weight excluding hydrogens is 260 g/mol. The van der Waals surface area contributed by atoms with Crippen molar-refractivity contribution < 1.29 is 19.5 Å². The van der Waals surface area contributed by atoms with Gasteiger partial charge < -0.3 is 15.7 Å². The summed E-state index contributed by atoms with van der Waals surface area (Å²) in [6, 6.07) is 7.46. The van der Waals surface area contributed by atoms with Crippen LogP contribution in [-0.2, 0) is 14.4 Å². The highest BCUT2D eigenvalue weighted by atomic mass is 16.4. The summed E-state index contributed by atoms with van der Waals surface area (Å²) < 4.78 is 0. The molecule has 1 unspecified atom stereocenters. The lowest BCUT2D eigenvalue weighted by Gasteiger charge is -2.23. The Balaban J connectivity index is 2.03. The van der Waals surface area contributed by atoms with E-state index in [1.807, 2.05) is 0 Å². The van der Waals surface area contributed by atoms with Gasteiger partial charge in [-0.05, 0) is 12.0 Å². The number of hydrogen-bond donors (Lipinski definition) is 3. The van der Waals surface area contributed by atoms with E-state index in [-0.39, 0.29) is 24.3 Å². The highest BCUT2D eigenvalue weighted by Gasteiger charge is 2.28. The Hall–Kier alpha value is -2.37. The molecule has 0 aromatic heterocycles. The number of carbonyl (C=O) groups is 3. The Bertz CT molecular complexity index is 505. The van der Waals surface area contributed by atoms with Gasteiger partial charge in [-0.25, -0.2) is 4.79 Å². The Morgan fingerprint density at radius 2 is 2.00 bits per heavy atom. The van der Waals surface area contributed by atoms with Crippen LogP contribution in [0.2, 0.25) is 0 Å². The van der Waals surface area contributed by atoms with Gasteiger partial charge >= 0.3 is 5.97 Å². The number of aliphatic carboxylic acids is 1. The molecule has 1 aliphatic heterocycles. The highest BCUT2D eigenvalue weighted by molar-refractivity contribution is 5.87. The lowest BCUT2D eigenvalue weighted by atomic mass is 9.97. The minimum absolute atomic E-state index is 0.0770. The molecule has 0 aliphatic carbocycles. The number of piperidine rings is 1. The normalized spacial score (nSPS) is 19.8. The summed E-state index contributed by atoms with van der Waals surface area (Å²) in [6.07, 6.45) is 0.736. The maximum Gasteiger partial charge on any atom is 0.330 e. The summed E-state index contributed by atoms with van der Waals surface area (Å²) >= 11 is 0. The van der Waals surface area contributed by atoms with Gasteiger partial charge in [0.05, 0.1) is 5.92 Å². The van der Waals surface area contributed by atoms with Crippen LogP contribution < -0.4 is 10.6 Å². The number of carboxylic acids is 1. The Morgan fingerprint density at radius 1 is 1.30 bits per heavy atom. The Labute approximate surface area is 116 Å². The molecule has 2 amide bonds. The second-order valence-corrected chi connectivity index (χ2v) is 4.73. The van der Waals surface area contributed by atoms with Crippen LogP contribution in [0, 0.1) is 5.92 Å². The molecule has 0 radical (unpaired) electrons. The van der Waals surface area contributed by atoms with Crippen LogP contribution in [0.4, 0.5) is 0 Å². The van der Waals surface area contributed by atoms with Gasteiger partial charge in [0.25, 0.3) is 0 Å². The Morgan fingerprint density at radius 3 is 2.55 bits per heavy atom. The number of benzene rings is 1. The van der Waals surface area contributed by atoms with Crippen molar-refractivity contribution in [2.75, 3.05) is 6.54 Å². The third-order valence-electron chi connectivity index (χ3n) is 3.30. The molecule has 1 aromatic rings. The lowest BCUT2D eigenvalue weighted by Crippen LogP contribution is -2.45. The maximum absolute atomic E-state index is 12.1. The predicted molar refractivity (Wildman–Crippen MR) is 70.7 cm³/mol. The summed E-state index contributed by atoms with van der Waals surface area (Å²) in [6.45, 7) is 0.256. The topological polar surface area (TPSA) is 95.5 Å². The van der Waals surface area contributed by atoms with Crippen molar-refractivity contribution in [3.05, 3.63) is 35.9 Å². The van der Waals surface area contributed by atoms with E-state index in [0.29, 0.717) is 18.4 Å². The number of rotatable bonds is 4. The van der Waals surface area contributed by atoms with E-state index in [0.717, 1.165) is 0 Å². The molecule has 1 saturated heterocycles. The first kappa shape index (κ1) is 14.0.